The van der Waals surface area contributed by atoms with Gasteiger partial charge in [-0.25, -0.2) is 4.79 Å². The van der Waals surface area contributed by atoms with Crippen molar-refractivity contribution in [1.82, 2.24) is 5.32 Å². The van der Waals surface area contributed by atoms with Crippen LogP contribution in [0.15, 0.2) is 0 Å². The molecule has 1 amide bonds. The second kappa shape index (κ2) is 6.19. The third-order valence-electron chi connectivity index (χ3n) is 2.18. The number of esters is 2. The van der Waals surface area contributed by atoms with Crippen molar-refractivity contribution in [2.24, 2.45) is 0 Å². The molecule has 1 unspecified atom stereocenters. The molecule has 2 N–H and O–H groups in total. The number of aliphatic hydroxyl groups is 1. The molecule has 7 nitrogen and oxygen atoms in total. The number of hydrogen-bond acceptors (Lipinski definition) is 6. The molecule has 0 spiro atoms. The summed E-state index contributed by atoms with van der Waals surface area (Å²) in [5.74, 6) is -1.29. The minimum Gasteiger partial charge on any atom is -0.463 e. The van der Waals surface area contributed by atoms with Crippen LogP contribution in [-0.2, 0) is 23.9 Å². The minimum absolute atomic E-state index is 0.188. The molecule has 0 aromatic rings. The molecule has 0 aliphatic carbocycles. The topological polar surface area (TPSA) is 102 Å². The second-order valence-corrected chi connectivity index (χ2v) is 3.75. The van der Waals surface area contributed by atoms with Crippen molar-refractivity contribution in [2.45, 2.75) is 31.9 Å². The Morgan fingerprint density at radius 2 is 2.12 bits per heavy atom. The maximum absolute atomic E-state index is 11.4. The molecule has 0 aromatic heterocycles. The normalized spacial score (nSPS) is 20.6. The Morgan fingerprint density at radius 3 is 2.65 bits per heavy atom. The number of carbonyl (C=O) groups is 3. The van der Waals surface area contributed by atoms with E-state index in [-0.39, 0.29) is 19.1 Å². The summed E-state index contributed by atoms with van der Waals surface area (Å²) in [7, 11) is 0. The molecular weight excluding hydrogens is 230 g/mol. The first-order chi connectivity index (χ1) is 7.99. The molecule has 0 radical (unpaired) electrons. The van der Waals surface area contributed by atoms with Crippen molar-refractivity contribution < 1.29 is 29.0 Å². The summed E-state index contributed by atoms with van der Waals surface area (Å²) in [4.78, 5) is 32.7. The average molecular weight is 245 g/mol. The predicted molar refractivity (Wildman–Crippen MR) is 54.8 cm³/mol. The van der Waals surface area contributed by atoms with Gasteiger partial charge >= 0.3 is 11.9 Å². The Morgan fingerprint density at radius 1 is 1.47 bits per heavy atom. The Kier molecular flexibility index (Phi) is 4.89. The Hall–Kier alpha value is -1.63. The maximum atomic E-state index is 11.4. The average Bonchev–Trinajstić information content (AvgIpc) is 2.70. The predicted octanol–water partition coefficient (Wildman–Crippen LogP) is -1.27. The molecule has 1 saturated heterocycles. The monoisotopic (exact) mass is 245 g/mol. The van der Waals surface area contributed by atoms with Gasteiger partial charge in [0.1, 0.15) is 25.4 Å². The lowest BCUT2D eigenvalue weighted by molar-refractivity contribution is -0.153. The van der Waals surface area contributed by atoms with Crippen molar-refractivity contribution in [3.05, 3.63) is 0 Å². The van der Waals surface area contributed by atoms with E-state index in [1.54, 1.807) is 0 Å². The summed E-state index contributed by atoms with van der Waals surface area (Å²) >= 11 is 0. The first-order valence-electron chi connectivity index (χ1n) is 5.26. The molecule has 2 atom stereocenters. The molecule has 0 saturated carbocycles. The smallest absolute Gasteiger partial charge is 0.328 e. The zero-order valence-electron chi connectivity index (χ0n) is 9.47. The number of hydrogen-bond donors (Lipinski definition) is 2. The van der Waals surface area contributed by atoms with Crippen LogP contribution in [0.25, 0.3) is 0 Å². The number of carbonyl (C=O) groups excluding carboxylic acids is 3. The van der Waals surface area contributed by atoms with E-state index in [1.165, 1.54) is 6.92 Å². The molecule has 0 bridgehead atoms. The number of amides is 1. The largest absolute Gasteiger partial charge is 0.463 e. The summed E-state index contributed by atoms with van der Waals surface area (Å²) in [6.07, 6.45) is -0.354. The van der Waals surface area contributed by atoms with E-state index in [1.807, 2.05) is 0 Å². The van der Waals surface area contributed by atoms with Crippen molar-refractivity contribution in [2.75, 3.05) is 13.2 Å². The number of rotatable bonds is 5. The van der Waals surface area contributed by atoms with Crippen molar-refractivity contribution in [1.29, 1.82) is 0 Å². The van der Waals surface area contributed by atoms with Gasteiger partial charge in [-0.1, -0.05) is 0 Å². The fourth-order valence-electron chi connectivity index (χ4n) is 1.33. The lowest BCUT2D eigenvalue weighted by Crippen LogP contribution is -2.36. The fourth-order valence-corrected chi connectivity index (χ4v) is 1.33. The van der Waals surface area contributed by atoms with Gasteiger partial charge in [0.05, 0.1) is 0 Å². The summed E-state index contributed by atoms with van der Waals surface area (Å²) in [6, 6.07) is -0.636. The zero-order valence-corrected chi connectivity index (χ0v) is 9.47. The van der Waals surface area contributed by atoms with E-state index in [2.05, 4.69) is 10.1 Å². The van der Waals surface area contributed by atoms with Crippen LogP contribution in [0, 0.1) is 0 Å². The van der Waals surface area contributed by atoms with E-state index in [0.717, 1.165) is 0 Å². The van der Waals surface area contributed by atoms with Gasteiger partial charge in [-0.3, -0.25) is 9.59 Å². The van der Waals surface area contributed by atoms with Crippen LogP contribution in [0.2, 0.25) is 0 Å². The second-order valence-electron chi connectivity index (χ2n) is 3.75. The van der Waals surface area contributed by atoms with Crippen LogP contribution >= 0.6 is 0 Å². The molecule has 96 valence electrons. The van der Waals surface area contributed by atoms with Crippen LogP contribution < -0.4 is 5.32 Å². The van der Waals surface area contributed by atoms with Gasteiger partial charge in [0.25, 0.3) is 0 Å². The molecular formula is C10H15NO6. The van der Waals surface area contributed by atoms with E-state index >= 15 is 0 Å². The first kappa shape index (κ1) is 13.4. The van der Waals surface area contributed by atoms with Gasteiger partial charge < -0.3 is 19.9 Å². The van der Waals surface area contributed by atoms with Gasteiger partial charge in [-0.15, -0.1) is 0 Å². The number of aliphatic hydroxyl groups excluding tert-OH is 1. The van der Waals surface area contributed by atoms with E-state index < -0.39 is 24.1 Å². The first-order valence-corrected chi connectivity index (χ1v) is 5.26. The lowest BCUT2D eigenvalue weighted by Gasteiger charge is -2.13. The van der Waals surface area contributed by atoms with Crippen molar-refractivity contribution in [3.63, 3.8) is 0 Å². The maximum Gasteiger partial charge on any atom is 0.328 e. The molecule has 1 aliphatic rings. The molecule has 7 heteroatoms. The third-order valence-corrected chi connectivity index (χ3v) is 2.18. The Labute approximate surface area is 98.1 Å². The Bertz CT molecular complexity index is 316. The van der Waals surface area contributed by atoms with Gasteiger partial charge in [0, 0.05) is 13.3 Å². The van der Waals surface area contributed by atoms with Crippen LogP contribution in [-0.4, -0.2) is 48.3 Å². The van der Waals surface area contributed by atoms with Crippen LogP contribution in [0.5, 0.6) is 0 Å². The molecule has 1 fully saturated rings. The van der Waals surface area contributed by atoms with Gasteiger partial charge in [0.2, 0.25) is 5.91 Å². The zero-order chi connectivity index (χ0) is 12.8. The van der Waals surface area contributed by atoms with E-state index in [4.69, 9.17) is 4.74 Å². The number of ether oxygens (including phenoxy) is 2. The van der Waals surface area contributed by atoms with Crippen LogP contribution in [0.3, 0.4) is 0 Å². The van der Waals surface area contributed by atoms with Crippen LogP contribution in [0.1, 0.15) is 19.8 Å². The summed E-state index contributed by atoms with van der Waals surface area (Å²) < 4.78 is 9.30. The molecule has 0 aromatic carbocycles. The molecule has 1 heterocycles. The Balaban J connectivity index is 2.19. The minimum atomic E-state index is -1.06. The summed E-state index contributed by atoms with van der Waals surface area (Å²) in [5, 5.41) is 11.7. The van der Waals surface area contributed by atoms with E-state index in [9.17, 15) is 19.5 Å². The standard InChI is InChI=1S/C10H15NO6/c1-6(12)16-4-7(13)5-17-10(15)8-2-3-9(14)11-8/h7-8,13H,2-5H2,1H3,(H,11,14)/t7?,8-/m0/s1. The highest BCUT2D eigenvalue weighted by Gasteiger charge is 2.28. The van der Waals surface area contributed by atoms with Crippen molar-refractivity contribution in [3.8, 4) is 0 Å². The van der Waals surface area contributed by atoms with E-state index in [0.29, 0.717) is 12.8 Å². The van der Waals surface area contributed by atoms with Crippen molar-refractivity contribution >= 4 is 17.8 Å². The fraction of sp³-hybridized carbons (Fsp3) is 0.700. The highest BCUT2D eigenvalue weighted by Crippen LogP contribution is 2.08. The molecule has 17 heavy (non-hydrogen) atoms. The molecule has 1 aliphatic heterocycles. The highest BCUT2D eigenvalue weighted by molar-refractivity contribution is 5.88. The quantitative estimate of drug-likeness (QED) is 0.586. The summed E-state index contributed by atoms with van der Waals surface area (Å²) in [5.41, 5.74) is 0. The lowest BCUT2D eigenvalue weighted by atomic mass is 10.2. The summed E-state index contributed by atoms with van der Waals surface area (Å²) in [6.45, 7) is 0.727. The number of nitrogens with one attached hydrogen (secondary N) is 1. The SMILES string of the molecule is CC(=O)OCC(O)COC(=O)[C@@H]1CCC(=O)N1. The van der Waals surface area contributed by atoms with Gasteiger partial charge in [-0.2, -0.15) is 0 Å². The van der Waals surface area contributed by atoms with Gasteiger partial charge in [-0.05, 0) is 6.42 Å². The van der Waals surface area contributed by atoms with Crippen LogP contribution in [0.4, 0.5) is 0 Å². The van der Waals surface area contributed by atoms with Gasteiger partial charge in [0.15, 0.2) is 0 Å². The highest BCUT2D eigenvalue weighted by atomic mass is 16.6. The third kappa shape index (κ3) is 4.81. The molecule has 1 rings (SSSR count).